The number of para-hydroxylation sites is 4. The van der Waals surface area contributed by atoms with E-state index in [0.29, 0.717) is 0 Å². The molecule has 7 aromatic carbocycles. The first-order valence-corrected chi connectivity index (χ1v) is 16.2. The van der Waals surface area contributed by atoms with E-state index in [0.717, 1.165) is 11.4 Å². The molecule has 0 N–H and O–H groups in total. The fourth-order valence-electron chi connectivity index (χ4n) is 8.22. The topological polar surface area (TPSA) is 14.3 Å². The maximum Gasteiger partial charge on any atom is 0.0562 e. The van der Waals surface area contributed by atoms with Gasteiger partial charge in [0.25, 0.3) is 0 Å². The first-order valence-electron chi connectivity index (χ1n) is 16.2. The quantitative estimate of drug-likeness (QED) is 0.176. The van der Waals surface area contributed by atoms with Crippen molar-refractivity contribution in [2.24, 2.45) is 0 Å². The minimum atomic E-state index is 1.14. The second-order valence-electron chi connectivity index (χ2n) is 12.6. The van der Waals surface area contributed by atoms with Crippen molar-refractivity contribution in [3.05, 3.63) is 164 Å². The number of benzene rings is 7. The number of hydrogen-bond donors (Lipinski definition) is 0. The molecule has 4 aromatic heterocycles. The highest BCUT2D eigenvalue weighted by Gasteiger charge is 2.18. The molecule has 3 nitrogen and oxygen atoms in total. The zero-order valence-electron chi connectivity index (χ0n) is 25.4. The molecule has 3 heteroatoms. The van der Waals surface area contributed by atoms with Gasteiger partial charge in [0.15, 0.2) is 0 Å². The lowest BCUT2D eigenvalue weighted by atomic mass is 10.1. The lowest BCUT2D eigenvalue weighted by molar-refractivity contribution is 1.13. The highest BCUT2D eigenvalue weighted by molar-refractivity contribution is 6.19. The van der Waals surface area contributed by atoms with E-state index in [2.05, 4.69) is 177 Å². The molecule has 0 fully saturated rings. The Bertz CT molecular complexity index is 3020. The lowest BCUT2D eigenvalue weighted by Gasteiger charge is -2.13. The summed E-state index contributed by atoms with van der Waals surface area (Å²) in [6, 6.07) is 60.0. The van der Waals surface area contributed by atoms with Gasteiger partial charge in [-0.25, -0.2) is 0 Å². The summed E-state index contributed by atoms with van der Waals surface area (Å²) in [5, 5.41) is 10.2. The zero-order chi connectivity index (χ0) is 30.6. The Labute approximate surface area is 269 Å². The van der Waals surface area contributed by atoms with E-state index in [4.69, 9.17) is 0 Å². The molecular weight excluding hydrogens is 571 g/mol. The Morgan fingerprint density at radius 3 is 1.30 bits per heavy atom. The smallest absolute Gasteiger partial charge is 0.0562 e. The van der Waals surface area contributed by atoms with Gasteiger partial charge in [0.2, 0.25) is 0 Å². The van der Waals surface area contributed by atoms with Gasteiger partial charge in [0.1, 0.15) is 0 Å². The van der Waals surface area contributed by atoms with Crippen molar-refractivity contribution in [3.63, 3.8) is 0 Å². The summed E-state index contributed by atoms with van der Waals surface area (Å²) in [6.07, 6.45) is 0. The van der Waals surface area contributed by atoms with Crippen molar-refractivity contribution >= 4 is 81.7 Å². The Morgan fingerprint density at radius 1 is 0.255 bits per heavy atom. The summed E-state index contributed by atoms with van der Waals surface area (Å²) in [5.41, 5.74) is 10.8. The van der Waals surface area contributed by atoms with Crippen molar-refractivity contribution < 1.29 is 0 Å². The van der Waals surface area contributed by atoms with E-state index in [-0.39, 0.29) is 0 Å². The third-order valence-corrected chi connectivity index (χ3v) is 10.2. The first kappa shape index (κ1) is 24.9. The molecule has 0 saturated carbocycles. The largest absolute Gasteiger partial charge is 0.309 e. The normalized spacial score (nSPS) is 12.3. The van der Waals surface area contributed by atoms with E-state index in [1.807, 2.05) is 0 Å². The van der Waals surface area contributed by atoms with Gasteiger partial charge in [-0.3, -0.25) is 0 Å². The summed E-state index contributed by atoms with van der Waals surface area (Å²) in [6.45, 7) is 0. The molecule has 0 saturated heterocycles. The van der Waals surface area contributed by atoms with Crippen molar-refractivity contribution in [2.75, 3.05) is 0 Å². The van der Waals surface area contributed by atoms with Crippen LogP contribution in [-0.2, 0) is 0 Å². The Morgan fingerprint density at radius 2 is 0.702 bits per heavy atom. The number of rotatable bonds is 2. The van der Waals surface area contributed by atoms with Crippen LogP contribution in [0.15, 0.2) is 164 Å². The zero-order valence-corrected chi connectivity index (χ0v) is 25.4. The molecule has 0 atom stereocenters. The average molecular weight is 598 g/mol. The van der Waals surface area contributed by atoms with Gasteiger partial charge >= 0.3 is 0 Å². The summed E-state index contributed by atoms with van der Waals surface area (Å²) >= 11 is 0. The van der Waals surface area contributed by atoms with Crippen molar-refractivity contribution in [1.82, 2.24) is 13.5 Å². The van der Waals surface area contributed by atoms with Gasteiger partial charge in [0, 0.05) is 49.1 Å². The molecule has 11 rings (SSSR count). The van der Waals surface area contributed by atoms with Crippen LogP contribution in [0.25, 0.3) is 93.1 Å². The summed E-state index contributed by atoms with van der Waals surface area (Å²) in [5.74, 6) is 0. The molecule has 218 valence electrons. The number of nitrogens with zero attached hydrogens (tertiary/aromatic N) is 3. The fraction of sp³-hybridized carbons (Fsp3) is 0. The standard InChI is InChI=1S/C44H27N3/c1-2-16-33-31(14-1)32-15-3-10-23-41(32)47-42-27-44-37(24-28(42)25-43(33)47)36-19-6-9-22-40(36)46(44)30-13-11-12-29(26-30)45-38-20-7-4-17-34(38)35-18-5-8-21-39(35)45/h1-27H. The van der Waals surface area contributed by atoms with E-state index in [9.17, 15) is 0 Å². The van der Waals surface area contributed by atoms with E-state index < -0.39 is 0 Å². The third-order valence-electron chi connectivity index (χ3n) is 10.2. The SMILES string of the molecule is c1cc(-n2c3ccccc3c3ccccc32)cc(-n2c3ccccc3c3cc4cc5c6ccccc6c6ccccc6n5c4cc32)c1. The first-order chi connectivity index (χ1) is 23.3. The summed E-state index contributed by atoms with van der Waals surface area (Å²) in [7, 11) is 0. The third kappa shape index (κ3) is 3.30. The molecule has 0 bridgehead atoms. The van der Waals surface area contributed by atoms with Gasteiger partial charge in [0.05, 0.1) is 38.6 Å². The molecule has 47 heavy (non-hydrogen) atoms. The van der Waals surface area contributed by atoms with Crippen LogP contribution in [0.1, 0.15) is 0 Å². The van der Waals surface area contributed by atoms with Crippen LogP contribution in [0.5, 0.6) is 0 Å². The van der Waals surface area contributed by atoms with Crippen LogP contribution in [0.3, 0.4) is 0 Å². The van der Waals surface area contributed by atoms with Crippen LogP contribution in [-0.4, -0.2) is 13.5 Å². The average Bonchev–Trinajstić information content (AvgIpc) is 3.79. The number of hydrogen-bond acceptors (Lipinski definition) is 0. The molecule has 0 aliphatic carbocycles. The van der Waals surface area contributed by atoms with Gasteiger partial charge in [-0.15, -0.1) is 0 Å². The van der Waals surface area contributed by atoms with E-state index in [1.165, 1.54) is 81.7 Å². The minimum Gasteiger partial charge on any atom is -0.309 e. The number of aromatic nitrogens is 3. The molecule has 4 heterocycles. The molecule has 0 radical (unpaired) electrons. The molecule has 0 unspecified atom stereocenters. The minimum absolute atomic E-state index is 1.14. The second-order valence-corrected chi connectivity index (χ2v) is 12.6. The predicted molar refractivity (Wildman–Crippen MR) is 199 cm³/mol. The monoisotopic (exact) mass is 597 g/mol. The second kappa shape index (κ2) is 9.12. The van der Waals surface area contributed by atoms with Gasteiger partial charge in [-0.1, -0.05) is 103 Å². The van der Waals surface area contributed by atoms with Crippen LogP contribution in [0.2, 0.25) is 0 Å². The van der Waals surface area contributed by atoms with E-state index in [1.54, 1.807) is 0 Å². The van der Waals surface area contributed by atoms with Crippen molar-refractivity contribution in [1.29, 1.82) is 0 Å². The van der Waals surface area contributed by atoms with E-state index >= 15 is 0 Å². The van der Waals surface area contributed by atoms with Gasteiger partial charge in [-0.05, 0) is 66.0 Å². The Hall–Kier alpha value is -6.32. The Kier molecular flexibility index (Phi) is 4.84. The molecular formula is C44H27N3. The lowest BCUT2D eigenvalue weighted by Crippen LogP contribution is -1.98. The highest BCUT2D eigenvalue weighted by Crippen LogP contribution is 2.40. The van der Waals surface area contributed by atoms with Crippen LogP contribution >= 0.6 is 0 Å². The number of fused-ring (bicyclic) bond motifs is 14. The maximum absolute atomic E-state index is 2.46. The molecule has 11 aromatic rings. The molecule has 0 amide bonds. The van der Waals surface area contributed by atoms with Crippen molar-refractivity contribution in [2.45, 2.75) is 0 Å². The maximum atomic E-state index is 2.46. The summed E-state index contributed by atoms with van der Waals surface area (Å²) in [4.78, 5) is 0. The molecule has 0 aliphatic rings. The summed E-state index contributed by atoms with van der Waals surface area (Å²) < 4.78 is 7.31. The highest BCUT2D eigenvalue weighted by atomic mass is 15.0. The van der Waals surface area contributed by atoms with Crippen molar-refractivity contribution in [3.8, 4) is 11.4 Å². The van der Waals surface area contributed by atoms with Crippen LogP contribution in [0, 0.1) is 0 Å². The van der Waals surface area contributed by atoms with Gasteiger partial charge < -0.3 is 13.5 Å². The fourth-order valence-corrected chi connectivity index (χ4v) is 8.22. The molecule has 0 aliphatic heterocycles. The number of pyridine rings is 1. The molecule has 0 spiro atoms. The van der Waals surface area contributed by atoms with Crippen LogP contribution < -0.4 is 0 Å². The van der Waals surface area contributed by atoms with Crippen LogP contribution in [0.4, 0.5) is 0 Å². The Balaban J connectivity index is 1.25. The predicted octanol–water partition coefficient (Wildman–Crippen LogP) is 11.6. The van der Waals surface area contributed by atoms with Gasteiger partial charge in [-0.2, -0.15) is 0 Å².